The minimum atomic E-state index is -0.0448. The van der Waals surface area contributed by atoms with Crippen LogP contribution in [0.2, 0.25) is 5.02 Å². The van der Waals surface area contributed by atoms with Crippen molar-refractivity contribution in [3.05, 3.63) is 41.0 Å². The second-order valence-corrected chi connectivity index (χ2v) is 3.74. The zero-order chi connectivity index (χ0) is 12.3. The Bertz CT molecular complexity index is 526. The van der Waals surface area contributed by atoms with E-state index in [1.165, 1.54) is 13.3 Å². The van der Waals surface area contributed by atoms with Crippen molar-refractivity contribution >= 4 is 17.4 Å². The monoisotopic (exact) mass is 252 g/mol. The summed E-state index contributed by atoms with van der Waals surface area (Å²) >= 11 is 5.97. The fraction of sp³-hybridized carbons (Fsp3) is 0.182. The Balaban J connectivity index is 2.09. The van der Waals surface area contributed by atoms with E-state index in [0.29, 0.717) is 22.2 Å². The molecule has 1 aromatic heterocycles. The van der Waals surface area contributed by atoms with Crippen LogP contribution in [0.15, 0.2) is 29.1 Å². The van der Waals surface area contributed by atoms with Gasteiger partial charge in [0.2, 0.25) is 12.2 Å². The van der Waals surface area contributed by atoms with Crippen LogP contribution in [0.1, 0.15) is 23.1 Å². The molecule has 0 N–H and O–H groups in total. The molecule has 0 radical (unpaired) electrons. The lowest BCUT2D eigenvalue weighted by Crippen LogP contribution is -1.99. The van der Waals surface area contributed by atoms with Crippen LogP contribution in [-0.2, 0) is 6.61 Å². The molecule has 2 aromatic rings. The van der Waals surface area contributed by atoms with Gasteiger partial charge < -0.3 is 9.26 Å². The van der Waals surface area contributed by atoms with E-state index in [-0.39, 0.29) is 12.4 Å². The van der Waals surface area contributed by atoms with Crippen molar-refractivity contribution in [3.8, 4) is 5.75 Å². The number of Topliss-reactive ketones (excluding diaryl/α,β-unsaturated/α-hetero) is 1. The van der Waals surface area contributed by atoms with Gasteiger partial charge in [-0.1, -0.05) is 16.8 Å². The van der Waals surface area contributed by atoms with E-state index in [9.17, 15) is 4.79 Å². The van der Waals surface area contributed by atoms with E-state index >= 15 is 0 Å². The van der Waals surface area contributed by atoms with Gasteiger partial charge in [0.1, 0.15) is 5.75 Å². The molecule has 6 heteroatoms. The van der Waals surface area contributed by atoms with Crippen molar-refractivity contribution in [2.75, 3.05) is 0 Å². The molecule has 0 saturated carbocycles. The molecular formula is C11H9ClN2O3. The number of hydrogen-bond donors (Lipinski definition) is 0. The van der Waals surface area contributed by atoms with Crippen LogP contribution < -0.4 is 4.74 Å². The Morgan fingerprint density at radius 1 is 1.53 bits per heavy atom. The first-order valence-electron chi connectivity index (χ1n) is 4.85. The quantitative estimate of drug-likeness (QED) is 0.782. The molecular weight excluding hydrogens is 244 g/mol. The fourth-order valence-electron chi connectivity index (χ4n) is 1.24. The predicted octanol–water partition coefficient (Wildman–Crippen LogP) is 2.50. The lowest BCUT2D eigenvalue weighted by molar-refractivity contribution is 0.101. The van der Waals surface area contributed by atoms with Gasteiger partial charge in [-0.05, 0) is 25.1 Å². The SMILES string of the molecule is CC(=O)c1ccc(OCc2ncon2)c(Cl)c1. The zero-order valence-electron chi connectivity index (χ0n) is 9.01. The standard InChI is InChI=1S/C11H9ClN2O3/c1-7(15)8-2-3-10(9(12)4-8)16-5-11-13-6-17-14-11/h2-4,6H,5H2,1H3. The third-order valence-electron chi connectivity index (χ3n) is 2.10. The summed E-state index contributed by atoms with van der Waals surface area (Å²) in [5, 5.41) is 3.97. The van der Waals surface area contributed by atoms with Gasteiger partial charge in [-0.15, -0.1) is 0 Å². The number of hydrogen-bond acceptors (Lipinski definition) is 5. The molecule has 1 aromatic carbocycles. The van der Waals surface area contributed by atoms with Crippen LogP contribution in [0.5, 0.6) is 5.75 Å². The zero-order valence-corrected chi connectivity index (χ0v) is 9.77. The summed E-state index contributed by atoms with van der Waals surface area (Å²) in [7, 11) is 0. The van der Waals surface area contributed by atoms with Gasteiger partial charge in [0.25, 0.3) is 0 Å². The normalized spacial score (nSPS) is 10.2. The summed E-state index contributed by atoms with van der Waals surface area (Å²) in [5.74, 6) is 0.856. The molecule has 0 bridgehead atoms. The summed E-state index contributed by atoms with van der Waals surface area (Å²) in [4.78, 5) is 14.9. The second kappa shape index (κ2) is 4.97. The summed E-state index contributed by atoms with van der Waals surface area (Å²) in [6, 6.07) is 4.86. The second-order valence-electron chi connectivity index (χ2n) is 3.34. The molecule has 17 heavy (non-hydrogen) atoms. The van der Waals surface area contributed by atoms with Gasteiger partial charge in [0, 0.05) is 5.56 Å². The van der Waals surface area contributed by atoms with Gasteiger partial charge >= 0.3 is 0 Å². The molecule has 0 spiro atoms. The largest absolute Gasteiger partial charge is 0.484 e. The topological polar surface area (TPSA) is 65.2 Å². The molecule has 0 unspecified atom stereocenters. The highest BCUT2D eigenvalue weighted by Crippen LogP contribution is 2.26. The molecule has 0 fully saturated rings. The van der Waals surface area contributed by atoms with E-state index in [4.69, 9.17) is 16.3 Å². The summed E-state index contributed by atoms with van der Waals surface area (Å²) < 4.78 is 9.95. The lowest BCUT2D eigenvalue weighted by atomic mass is 10.1. The van der Waals surface area contributed by atoms with Gasteiger partial charge in [-0.3, -0.25) is 4.79 Å². The van der Waals surface area contributed by atoms with Crippen LogP contribution in [0.25, 0.3) is 0 Å². The first-order chi connectivity index (χ1) is 8.16. The van der Waals surface area contributed by atoms with Crippen LogP contribution >= 0.6 is 11.6 Å². The maximum atomic E-state index is 11.1. The average Bonchev–Trinajstić information content (AvgIpc) is 2.80. The van der Waals surface area contributed by atoms with E-state index in [0.717, 1.165) is 0 Å². The van der Waals surface area contributed by atoms with Crippen LogP contribution in [0.3, 0.4) is 0 Å². The summed E-state index contributed by atoms with van der Waals surface area (Å²) in [6.07, 6.45) is 1.22. The van der Waals surface area contributed by atoms with Crippen LogP contribution in [0, 0.1) is 0 Å². The summed E-state index contributed by atoms with van der Waals surface area (Å²) in [5.41, 5.74) is 0.543. The Hall–Kier alpha value is -1.88. The molecule has 0 aliphatic rings. The molecule has 1 heterocycles. The predicted molar refractivity (Wildman–Crippen MR) is 60.1 cm³/mol. The van der Waals surface area contributed by atoms with Crippen molar-refractivity contribution in [1.29, 1.82) is 0 Å². The van der Waals surface area contributed by atoms with E-state index < -0.39 is 0 Å². The van der Waals surface area contributed by atoms with Crippen LogP contribution in [-0.4, -0.2) is 15.9 Å². The smallest absolute Gasteiger partial charge is 0.213 e. The third-order valence-corrected chi connectivity index (χ3v) is 2.40. The summed E-state index contributed by atoms with van der Waals surface area (Å²) in [6.45, 7) is 1.64. The number of nitrogens with zero attached hydrogens (tertiary/aromatic N) is 2. The van der Waals surface area contributed by atoms with Crippen molar-refractivity contribution in [1.82, 2.24) is 10.1 Å². The number of carbonyl (C=O) groups excluding carboxylic acids is 1. The maximum absolute atomic E-state index is 11.1. The number of carbonyl (C=O) groups is 1. The van der Waals surface area contributed by atoms with Crippen molar-refractivity contribution in [2.45, 2.75) is 13.5 Å². The minimum absolute atomic E-state index is 0.0448. The average molecular weight is 253 g/mol. The first-order valence-corrected chi connectivity index (χ1v) is 5.23. The Labute approximate surface area is 102 Å². The molecule has 2 rings (SSSR count). The number of benzene rings is 1. The van der Waals surface area contributed by atoms with Crippen LogP contribution in [0.4, 0.5) is 0 Å². The highest BCUT2D eigenvalue weighted by Gasteiger charge is 2.07. The van der Waals surface area contributed by atoms with E-state index in [2.05, 4.69) is 14.7 Å². The number of halogens is 1. The van der Waals surface area contributed by atoms with Crippen molar-refractivity contribution in [3.63, 3.8) is 0 Å². The molecule has 0 amide bonds. The van der Waals surface area contributed by atoms with Crippen molar-refractivity contribution < 1.29 is 14.1 Å². The van der Waals surface area contributed by atoms with Gasteiger partial charge in [-0.25, -0.2) is 0 Å². The first kappa shape index (κ1) is 11.6. The molecule has 5 nitrogen and oxygen atoms in total. The highest BCUT2D eigenvalue weighted by atomic mass is 35.5. The Morgan fingerprint density at radius 3 is 2.94 bits per heavy atom. The molecule has 0 aliphatic carbocycles. The molecule has 0 atom stereocenters. The minimum Gasteiger partial charge on any atom is -0.484 e. The Kier molecular flexibility index (Phi) is 3.39. The van der Waals surface area contributed by atoms with Gasteiger partial charge in [0.15, 0.2) is 12.4 Å². The van der Waals surface area contributed by atoms with Gasteiger partial charge in [-0.2, -0.15) is 4.98 Å². The maximum Gasteiger partial charge on any atom is 0.213 e. The number of ketones is 1. The number of ether oxygens (including phenoxy) is 1. The van der Waals surface area contributed by atoms with E-state index in [1.807, 2.05) is 0 Å². The number of aromatic nitrogens is 2. The van der Waals surface area contributed by atoms with Gasteiger partial charge in [0.05, 0.1) is 5.02 Å². The molecule has 0 saturated heterocycles. The molecule has 0 aliphatic heterocycles. The Morgan fingerprint density at radius 2 is 2.35 bits per heavy atom. The van der Waals surface area contributed by atoms with Crippen molar-refractivity contribution in [2.24, 2.45) is 0 Å². The number of rotatable bonds is 4. The molecule has 88 valence electrons. The lowest BCUT2D eigenvalue weighted by Gasteiger charge is -2.06. The highest BCUT2D eigenvalue weighted by molar-refractivity contribution is 6.32. The third kappa shape index (κ3) is 2.82. The fourth-order valence-corrected chi connectivity index (χ4v) is 1.47. The van der Waals surface area contributed by atoms with E-state index in [1.54, 1.807) is 18.2 Å².